The third-order valence-electron chi connectivity index (χ3n) is 6.04. The lowest BCUT2D eigenvalue weighted by Gasteiger charge is -2.12. The fourth-order valence-electron chi connectivity index (χ4n) is 3.82. The van der Waals surface area contributed by atoms with Gasteiger partial charge < -0.3 is 14.6 Å². The first kappa shape index (κ1) is 30.2. The maximum atomic E-state index is 13.8. The Balaban J connectivity index is 1.73. The molecule has 0 aliphatic carbocycles. The van der Waals surface area contributed by atoms with Crippen molar-refractivity contribution in [3.8, 4) is 5.75 Å². The van der Waals surface area contributed by atoms with Crippen molar-refractivity contribution in [2.24, 2.45) is 0 Å². The molecular weight excluding hydrogens is 533 g/mol. The van der Waals surface area contributed by atoms with Gasteiger partial charge in [-0.25, -0.2) is 4.39 Å². The normalized spacial score (nSPS) is 15.8. The van der Waals surface area contributed by atoms with Gasteiger partial charge in [-0.1, -0.05) is 36.9 Å². The molecule has 2 aromatic rings. The first-order valence-corrected chi connectivity index (χ1v) is 13.2. The van der Waals surface area contributed by atoms with Crippen LogP contribution < -0.4 is 10.1 Å². The summed E-state index contributed by atoms with van der Waals surface area (Å²) in [5.74, 6) is -0.588. The minimum Gasteiger partial charge on any atom is -0.507 e. The molecule has 1 heterocycles. The zero-order valence-corrected chi connectivity index (χ0v) is 23.3. The molecule has 0 unspecified atom stereocenters. The monoisotopic (exact) mass is 563 g/mol. The molecule has 40 heavy (non-hydrogen) atoms. The number of Topliss-reactive ketones (excluding diaryl/α,β-unsaturated/α-hetero) is 1. The van der Waals surface area contributed by atoms with Crippen LogP contribution in [-0.4, -0.2) is 35.8 Å². The zero-order chi connectivity index (χ0) is 29.2. The Hall–Kier alpha value is -4.37. The number of hydrogen-bond acceptors (Lipinski definition) is 7. The molecule has 0 atom stereocenters. The molecule has 1 aliphatic heterocycles. The predicted octanol–water partition coefficient (Wildman–Crippen LogP) is 7.06. The van der Waals surface area contributed by atoms with Gasteiger partial charge in [0.15, 0.2) is 5.78 Å². The summed E-state index contributed by atoms with van der Waals surface area (Å²) in [4.78, 5) is 37.0. The summed E-state index contributed by atoms with van der Waals surface area (Å²) < 4.78 is 24.8. The molecule has 0 saturated carbocycles. The van der Waals surface area contributed by atoms with Gasteiger partial charge in [0.05, 0.1) is 18.6 Å². The van der Waals surface area contributed by atoms with E-state index in [-0.39, 0.29) is 29.9 Å². The maximum absolute atomic E-state index is 13.8. The molecule has 2 aromatic carbocycles. The van der Waals surface area contributed by atoms with Crippen LogP contribution in [-0.2, 0) is 9.53 Å². The number of imide groups is 1. The van der Waals surface area contributed by atoms with E-state index in [1.807, 2.05) is 0 Å². The van der Waals surface area contributed by atoms with E-state index in [4.69, 9.17) is 9.47 Å². The number of hydrogen-bond donors (Lipinski definition) is 2. The average molecular weight is 564 g/mol. The van der Waals surface area contributed by atoms with E-state index >= 15 is 0 Å². The van der Waals surface area contributed by atoms with E-state index in [2.05, 4.69) is 11.9 Å². The Morgan fingerprint density at radius 1 is 1.10 bits per heavy atom. The van der Waals surface area contributed by atoms with Crippen molar-refractivity contribution in [1.29, 1.82) is 0 Å². The third-order valence-corrected chi connectivity index (χ3v) is 7.02. The van der Waals surface area contributed by atoms with Crippen LogP contribution in [0.4, 0.5) is 9.18 Å². The lowest BCUT2D eigenvalue weighted by molar-refractivity contribution is -0.115. The molecule has 2 N–H and O–H groups in total. The van der Waals surface area contributed by atoms with Crippen LogP contribution in [0.2, 0.25) is 0 Å². The third kappa shape index (κ3) is 7.83. The SMILES string of the molecule is C=C\C(=C/C=C(C)/C(O)=C(\CCCOc1ccc(/C(C)=C2\SC(=O)NC2=O)cc1)C(=O)c1cccc(F)c1)OC. The standard InChI is InChI=1S/C31H30FNO6S/c1-5-24(38-4)14-11-19(2)27(34)26(28(35)22-8-6-9-23(32)18-22)10-7-17-39-25-15-12-21(13-16-25)20(3)29-30(36)33-31(37)40-29/h5-6,8-9,11-16,18,34H,1,7,10,17H2,2-4H3,(H,33,36,37)/b19-11+,24-14+,27-26-,29-20-. The van der Waals surface area contributed by atoms with Crippen LogP contribution in [0.5, 0.6) is 5.75 Å². The molecule has 1 saturated heterocycles. The van der Waals surface area contributed by atoms with Crippen molar-refractivity contribution in [1.82, 2.24) is 5.32 Å². The van der Waals surface area contributed by atoms with Crippen LogP contribution in [0.3, 0.4) is 0 Å². The summed E-state index contributed by atoms with van der Waals surface area (Å²) in [6.07, 6.45) is 5.30. The second kappa shape index (κ2) is 14.1. The second-order valence-corrected chi connectivity index (χ2v) is 9.75. The van der Waals surface area contributed by atoms with Crippen molar-refractivity contribution in [2.45, 2.75) is 26.7 Å². The summed E-state index contributed by atoms with van der Waals surface area (Å²) in [6.45, 7) is 7.31. The average Bonchev–Trinajstić information content (AvgIpc) is 3.30. The van der Waals surface area contributed by atoms with Gasteiger partial charge in [-0.3, -0.25) is 19.7 Å². The Bertz CT molecular complexity index is 1440. The lowest BCUT2D eigenvalue weighted by atomic mass is 9.96. The Kier molecular flexibility index (Phi) is 10.7. The van der Waals surface area contributed by atoms with E-state index < -0.39 is 22.7 Å². The van der Waals surface area contributed by atoms with Crippen molar-refractivity contribution in [3.05, 3.63) is 118 Å². The van der Waals surface area contributed by atoms with Crippen LogP contribution in [0.25, 0.3) is 5.57 Å². The van der Waals surface area contributed by atoms with Crippen LogP contribution in [0, 0.1) is 5.82 Å². The van der Waals surface area contributed by atoms with Crippen molar-refractivity contribution in [3.63, 3.8) is 0 Å². The predicted molar refractivity (Wildman–Crippen MR) is 154 cm³/mol. The maximum Gasteiger partial charge on any atom is 0.290 e. The number of allylic oxidation sites excluding steroid dienone is 6. The van der Waals surface area contributed by atoms with Gasteiger partial charge in [-0.2, -0.15) is 0 Å². The first-order chi connectivity index (χ1) is 19.1. The minimum atomic E-state index is -0.549. The summed E-state index contributed by atoms with van der Waals surface area (Å²) >= 11 is 0.871. The Morgan fingerprint density at radius 3 is 2.42 bits per heavy atom. The number of carbonyl (C=O) groups is 3. The number of ketones is 1. The number of nitrogens with one attached hydrogen (secondary N) is 1. The van der Waals surface area contributed by atoms with Gasteiger partial charge in [-0.05, 0) is 91.6 Å². The van der Waals surface area contributed by atoms with Gasteiger partial charge in [0.1, 0.15) is 23.1 Å². The molecule has 0 spiro atoms. The van der Waals surface area contributed by atoms with Crippen molar-refractivity contribution in [2.75, 3.05) is 13.7 Å². The lowest BCUT2D eigenvalue weighted by Crippen LogP contribution is -2.18. The molecular formula is C31H30FNO6S. The molecule has 1 fully saturated rings. The molecule has 0 aromatic heterocycles. The summed E-state index contributed by atoms with van der Waals surface area (Å²) in [7, 11) is 1.49. The fourth-order valence-corrected chi connectivity index (χ4v) is 4.56. The molecule has 9 heteroatoms. The number of ether oxygens (including phenoxy) is 2. The molecule has 1 aliphatic rings. The summed E-state index contributed by atoms with van der Waals surface area (Å²) in [5, 5.41) is 12.8. The molecule has 208 valence electrons. The van der Waals surface area contributed by atoms with Crippen LogP contribution in [0.15, 0.2) is 101 Å². The number of rotatable bonds is 12. The van der Waals surface area contributed by atoms with Crippen LogP contribution in [0.1, 0.15) is 42.6 Å². The summed E-state index contributed by atoms with van der Waals surface area (Å²) in [6, 6.07) is 12.4. The fraction of sp³-hybridized carbons (Fsp3) is 0.194. The molecule has 7 nitrogen and oxygen atoms in total. The van der Waals surface area contributed by atoms with Gasteiger partial charge in [0, 0.05) is 11.1 Å². The Labute approximate surface area is 236 Å². The highest BCUT2D eigenvalue weighted by Crippen LogP contribution is 2.32. The van der Waals surface area contributed by atoms with E-state index in [0.717, 1.165) is 23.4 Å². The zero-order valence-electron chi connectivity index (χ0n) is 22.5. The number of thioether (sulfide) groups is 1. The smallest absolute Gasteiger partial charge is 0.290 e. The number of carbonyl (C=O) groups excluding carboxylic acids is 3. The number of benzene rings is 2. The van der Waals surface area contributed by atoms with Gasteiger partial charge in [-0.15, -0.1) is 0 Å². The van der Waals surface area contributed by atoms with Gasteiger partial charge in [0.2, 0.25) is 0 Å². The highest BCUT2D eigenvalue weighted by Gasteiger charge is 2.27. The number of amides is 2. The van der Waals surface area contributed by atoms with E-state index in [1.165, 1.54) is 31.4 Å². The highest BCUT2D eigenvalue weighted by molar-refractivity contribution is 8.18. The van der Waals surface area contributed by atoms with Crippen molar-refractivity contribution >= 4 is 34.3 Å². The second-order valence-electron chi connectivity index (χ2n) is 8.77. The largest absolute Gasteiger partial charge is 0.507 e. The quantitative estimate of drug-likeness (QED) is 0.0937. The number of methoxy groups -OCH3 is 1. The molecule has 0 bridgehead atoms. The number of halogens is 1. The van der Waals surface area contributed by atoms with E-state index in [0.29, 0.717) is 34.0 Å². The van der Waals surface area contributed by atoms with E-state index in [9.17, 15) is 23.9 Å². The highest BCUT2D eigenvalue weighted by atomic mass is 32.2. The van der Waals surface area contributed by atoms with Gasteiger partial charge >= 0.3 is 0 Å². The molecule has 2 amide bonds. The first-order valence-electron chi connectivity index (χ1n) is 12.4. The Morgan fingerprint density at radius 2 is 1.82 bits per heavy atom. The molecule has 3 rings (SSSR count). The molecule has 0 radical (unpaired) electrons. The minimum absolute atomic E-state index is 0.130. The van der Waals surface area contributed by atoms with Crippen molar-refractivity contribution < 1.29 is 33.4 Å². The topological polar surface area (TPSA) is 102 Å². The number of aliphatic hydroxyl groups is 1. The number of aliphatic hydroxyl groups excluding tert-OH is 1. The van der Waals surface area contributed by atoms with Crippen LogP contribution >= 0.6 is 11.8 Å². The summed E-state index contributed by atoms with van der Waals surface area (Å²) in [5.41, 5.74) is 2.15. The van der Waals surface area contributed by atoms with Gasteiger partial charge in [0.25, 0.3) is 11.1 Å². The van der Waals surface area contributed by atoms with E-state index in [1.54, 1.807) is 50.3 Å².